The second-order valence-electron chi connectivity index (χ2n) is 7.65. The van der Waals surface area contributed by atoms with E-state index in [4.69, 9.17) is 0 Å². The fourth-order valence-corrected chi connectivity index (χ4v) is 3.80. The molecule has 2 rings (SSSR count). The van der Waals surface area contributed by atoms with E-state index < -0.39 is 0 Å². The Morgan fingerprint density at radius 2 is 1.75 bits per heavy atom. The highest BCUT2D eigenvalue weighted by molar-refractivity contribution is 14.0. The summed E-state index contributed by atoms with van der Waals surface area (Å²) < 4.78 is 0. The molecule has 2 N–H and O–H groups in total. The second kappa shape index (κ2) is 12.1. The Balaban J connectivity index is 0.00000392. The molecule has 7 heteroatoms. The molecule has 1 aliphatic rings. The number of benzene rings is 1. The van der Waals surface area contributed by atoms with Crippen molar-refractivity contribution in [3.63, 3.8) is 0 Å². The molecule has 0 unspecified atom stereocenters. The Kier molecular flexibility index (Phi) is 10.6. The molecule has 0 bridgehead atoms. The van der Waals surface area contributed by atoms with Crippen LogP contribution in [0.5, 0.6) is 0 Å². The van der Waals surface area contributed by atoms with E-state index in [9.17, 15) is 4.79 Å². The van der Waals surface area contributed by atoms with Gasteiger partial charge in [-0.2, -0.15) is 0 Å². The van der Waals surface area contributed by atoms with Crippen LogP contribution in [0.2, 0.25) is 0 Å². The molecule has 1 aliphatic carbocycles. The van der Waals surface area contributed by atoms with Gasteiger partial charge in [-0.25, -0.2) is 0 Å². The lowest BCUT2D eigenvalue weighted by molar-refractivity contribution is -0.138. The number of carbonyl (C=O) groups excluding carboxylic acids is 1. The summed E-state index contributed by atoms with van der Waals surface area (Å²) in [5.41, 5.74) is 0.944. The van der Waals surface area contributed by atoms with Crippen LogP contribution in [0, 0.1) is 5.41 Å². The first-order valence-corrected chi connectivity index (χ1v) is 9.91. The zero-order valence-electron chi connectivity index (χ0n) is 17.7. The van der Waals surface area contributed by atoms with Crippen molar-refractivity contribution in [2.75, 3.05) is 52.7 Å². The number of hydrogen-bond donors (Lipinski definition) is 2. The first-order chi connectivity index (χ1) is 13.0. The monoisotopic (exact) mass is 501 g/mol. The van der Waals surface area contributed by atoms with Crippen LogP contribution in [0.1, 0.15) is 32.1 Å². The van der Waals surface area contributed by atoms with E-state index in [0.717, 1.165) is 51.2 Å². The third-order valence-corrected chi connectivity index (χ3v) is 5.40. The van der Waals surface area contributed by atoms with Crippen molar-refractivity contribution in [3.05, 3.63) is 30.3 Å². The number of para-hydroxylation sites is 1. The lowest BCUT2D eigenvalue weighted by Crippen LogP contribution is -2.49. The molecule has 1 saturated carbocycles. The van der Waals surface area contributed by atoms with E-state index in [1.165, 1.54) is 5.69 Å². The minimum Gasteiger partial charge on any atom is -0.375 e. The van der Waals surface area contributed by atoms with Crippen LogP contribution in [-0.2, 0) is 4.79 Å². The number of carbonyl (C=O) groups is 1. The summed E-state index contributed by atoms with van der Waals surface area (Å²) in [7, 11) is 7.58. The van der Waals surface area contributed by atoms with Gasteiger partial charge in [-0.05, 0) is 31.4 Å². The van der Waals surface area contributed by atoms with Gasteiger partial charge in [0.2, 0.25) is 5.91 Å². The van der Waals surface area contributed by atoms with E-state index in [-0.39, 0.29) is 35.3 Å². The van der Waals surface area contributed by atoms with Crippen LogP contribution < -0.4 is 15.5 Å². The zero-order valence-corrected chi connectivity index (χ0v) is 20.0. The topological polar surface area (TPSA) is 60.0 Å². The molecule has 0 saturated heterocycles. The first kappa shape index (κ1) is 24.5. The molecule has 0 spiro atoms. The fourth-order valence-electron chi connectivity index (χ4n) is 3.80. The third-order valence-electron chi connectivity index (χ3n) is 5.40. The summed E-state index contributed by atoms with van der Waals surface area (Å²) in [4.78, 5) is 20.9. The van der Waals surface area contributed by atoms with Gasteiger partial charge in [-0.1, -0.05) is 31.0 Å². The number of aliphatic imine (C=N–C) groups is 1. The maximum Gasteiger partial charge on any atom is 0.230 e. The van der Waals surface area contributed by atoms with Gasteiger partial charge in [0, 0.05) is 53.5 Å². The number of anilines is 1. The van der Waals surface area contributed by atoms with Crippen molar-refractivity contribution in [1.29, 1.82) is 0 Å². The first-order valence-electron chi connectivity index (χ1n) is 9.91. The Hall–Kier alpha value is -1.51. The number of amides is 1. The normalized spacial score (nSPS) is 15.5. The van der Waals surface area contributed by atoms with Gasteiger partial charge >= 0.3 is 0 Å². The van der Waals surface area contributed by atoms with E-state index in [1.54, 1.807) is 11.9 Å². The van der Waals surface area contributed by atoms with E-state index in [2.05, 4.69) is 51.8 Å². The molecule has 28 heavy (non-hydrogen) atoms. The smallest absolute Gasteiger partial charge is 0.230 e. The maximum atomic E-state index is 12.7. The van der Waals surface area contributed by atoms with Crippen LogP contribution >= 0.6 is 24.0 Å². The van der Waals surface area contributed by atoms with Crippen LogP contribution in [0.25, 0.3) is 0 Å². The minimum absolute atomic E-state index is 0. The van der Waals surface area contributed by atoms with E-state index in [1.807, 2.05) is 20.2 Å². The SMILES string of the molecule is CN=C(NCCCN(C)c1ccccc1)NCC1(C(=O)N(C)C)CCCC1.I. The number of guanidine groups is 1. The molecule has 1 aromatic carbocycles. The summed E-state index contributed by atoms with van der Waals surface area (Å²) in [6.07, 6.45) is 5.16. The summed E-state index contributed by atoms with van der Waals surface area (Å²) in [5, 5.41) is 6.76. The highest BCUT2D eigenvalue weighted by Gasteiger charge is 2.42. The predicted octanol–water partition coefficient (Wildman–Crippen LogP) is 2.94. The quantitative estimate of drug-likeness (QED) is 0.249. The Morgan fingerprint density at radius 3 is 2.32 bits per heavy atom. The zero-order chi connectivity index (χ0) is 19.7. The number of nitrogens with one attached hydrogen (secondary N) is 2. The molecule has 0 heterocycles. The van der Waals surface area contributed by atoms with Gasteiger partial charge in [0.05, 0.1) is 5.41 Å². The predicted molar refractivity (Wildman–Crippen MR) is 129 cm³/mol. The largest absolute Gasteiger partial charge is 0.375 e. The molecule has 0 aromatic heterocycles. The lowest BCUT2D eigenvalue weighted by atomic mass is 9.84. The molecule has 1 aromatic rings. The summed E-state index contributed by atoms with van der Waals surface area (Å²) >= 11 is 0. The maximum absolute atomic E-state index is 12.7. The number of nitrogens with zero attached hydrogens (tertiary/aromatic N) is 3. The highest BCUT2D eigenvalue weighted by Crippen LogP contribution is 2.38. The highest BCUT2D eigenvalue weighted by atomic mass is 127. The van der Waals surface area contributed by atoms with Gasteiger partial charge in [0.25, 0.3) is 0 Å². The molecule has 0 aliphatic heterocycles. The minimum atomic E-state index is -0.283. The molecule has 0 radical (unpaired) electrons. The van der Waals surface area contributed by atoms with Crippen molar-refractivity contribution >= 4 is 41.5 Å². The average Bonchev–Trinajstić information content (AvgIpc) is 3.17. The van der Waals surface area contributed by atoms with Crippen LogP contribution in [0.15, 0.2) is 35.3 Å². The van der Waals surface area contributed by atoms with Crippen molar-refractivity contribution < 1.29 is 4.79 Å². The summed E-state index contributed by atoms with van der Waals surface area (Å²) in [6.45, 7) is 2.45. The van der Waals surface area contributed by atoms with Crippen LogP contribution in [0.4, 0.5) is 5.69 Å². The fraction of sp³-hybridized carbons (Fsp3) is 0.619. The molecule has 0 atom stereocenters. The van der Waals surface area contributed by atoms with Gasteiger partial charge in [0.1, 0.15) is 0 Å². The van der Waals surface area contributed by atoms with Crippen LogP contribution in [0.3, 0.4) is 0 Å². The average molecular weight is 501 g/mol. The molecule has 6 nitrogen and oxygen atoms in total. The van der Waals surface area contributed by atoms with E-state index in [0.29, 0.717) is 6.54 Å². The van der Waals surface area contributed by atoms with Crippen LogP contribution in [-0.4, -0.2) is 64.6 Å². The number of rotatable bonds is 8. The van der Waals surface area contributed by atoms with Crippen molar-refractivity contribution in [3.8, 4) is 0 Å². The second-order valence-corrected chi connectivity index (χ2v) is 7.65. The van der Waals surface area contributed by atoms with Crippen molar-refractivity contribution in [2.45, 2.75) is 32.1 Å². The standard InChI is InChI=1S/C21H35N5O.HI/c1-22-20(23-15-10-16-26(4)18-11-6-5-7-12-18)24-17-21(13-8-9-14-21)19(27)25(2)3;/h5-7,11-12H,8-10,13-17H2,1-4H3,(H2,22,23,24);1H. The molecule has 158 valence electrons. The lowest BCUT2D eigenvalue weighted by Gasteiger charge is -2.31. The summed E-state index contributed by atoms with van der Waals surface area (Å²) in [5.74, 6) is 1.00. The van der Waals surface area contributed by atoms with Gasteiger partial charge in [0.15, 0.2) is 5.96 Å². The van der Waals surface area contributed by atoms with E-state index >= 15 is 0 Å². The molecular formula is C21H36IN5O. The Labute approximate surface area is 187 Å². The molecular weight excluding hydrogens is 465 g/mol. The molecule has 1 fully saturated rings. The number of hydrogen-bond acceptors (Lipinski definition) is 3. The van der Waals surface area contributed by atoms with Crippen molar-refractivity contribution in [1.82, 2.24) is 15.5 Å². The van der Waals surface area contributed by atoms with Crippen molar-refractivity contribution in [2.24, 2.45) is 10.4 Å². The Bertz CT molecular complexity index is 614. The van der Waals surface area contributed by atoms with Gasteiger partial charge in [-0.15, -0.1) is 24.0 Å². The van der Waals surface area contributed by atoms with Gasteiger partial charge in [-0.3, -0.25) is 9.79 Å². The van der Waals surface area contributed by atoms with Gasteiger partial charge < -0.3 is 20.4 Å². The third kappa shape index (κ3) is 6.83. The Morgan fingerprint density at radius 1 is 1.11 bits per heavy atom. The number of halogens is 1. The summed E-state index contributed by atoms with van der Waals surface area (Å²) in [6, 6.07) is 10.4. The molecule has 1 amide bonds.